The van der Waals surface area contributed by atoms with Crippen molar-refractivity contribution in [2.45, 2.75) is 12.5 Å². The SMILES string of the molecule is N#CCc1ccc(NC(=O)CN2CCOC(CN)C2)cc1. The van der Waals surface area contributed by atoms with Crippen LogP contribution in [-0.4, -0.2) is 49.7 Å². The Kier molecular flexibility index (Phi) is 5.69. The number of nitriles is 1. The molecule has 1 aliphatic rings. The Morgan fingerprint density at radius 2 is 2.24 bits per heavy atom. The second-order valence-electron chi connectivity index (χ2n) is 5.04. The van der Waals surface area contributed by atoms with Gasteiger partial charge in [0.2, 0.25) is 5.91 Å². The van der Waals surface area contributed by atoms with Crippen molar-refractivity contribution < 1.29 is 9.53 Å². The van der Waals surface area contributed by atoms with Crippen LogP contribution >= 0.6 is 0 Å². The van der Waals surface area contributed by atoms with Crippen molar-refractivity contribution in [3.63, 3.8) is 0 Å². The van der Waals surface area contributed by atoms with Crippen LogP contribution in [0.3, 0.4) is 0 Å². The number of hydrogen-bond acceptors (Lipinski definition) is 5. The Bertz CT molecular complexity index is 509. The third-order valence-electron chi connectivity index (χ3n) is 3.37. The first-order valence-electron chi connectivity index (χ1n) is 7.01. The molecule has 21 heavy (non-hydrogen) atoms. The van der Waals surface area contributed by atoms with E-state index in [1.165, 1.54) is 0 Å². The Balaban J connectivity index is 1.82. The van der Waals surface area contributed by atoms with Crippen molar-refractivity contribution in [3.05, 3.63) is 29.8 Å². The molecule has 0 aliphatic carbocycles. The van der Waals surface area contributed by atoms with Gasteiger partial charge in [0, 0.05) is 25.3 Å². The third kappa shape index (κ3) is 4.83. The van der Waals surface area contributed by atoms with Crippen LogP contribution in [0.15, 0.2) is 24.3 Å². The summed E-state index contributed by atoms with van der Waals surface area (Å²) in [6.45, 7) is 2.84. The number of anilines is 1. The molecule has 0 aromatic heterocycles. The average molecular weight is 288 g/mol. The Morgan fingerprint density at radius 1 is 1.48 bits per heavy atom. The van der Waals surface area contributed by atoms with Crippen molar-refractivity contribution in [1.29, 1.82) is 5.26 Å². The van der Waals surface area contributed by atoms with Gasteiger partial charge in [-0.05, 0) is 17.7 Å². The van der Waals surface area contributed by atoms with Crippen LogP contribution in [0.2, 0.25) is 0 Å². The molecule has 1 aromatic carbocycles. The first kappa shape index (κ1) is 15.4. The minimum Gasteiger partial charge on any atom is -0.374 e. The Hall–Kier alpha value is -1.94. The number of hydrogen-bond donors (Lipinski definition) is 2. The number of rotatable bonds is 5. The zero-order valence-corrected chi connectivity index (χ0v) is 11.9. The van der Waals surface area contributed by atoms with Crippen molar-refractivity contribution in [1.82, 2.24) is 4.90 Å². The minimum atomic E-state index is -0.0549. The maximum Gasteiger partial charge on any atom is 0.238 e. The number of nitrogens with one attached hydrogen (secondary N) is 1. The smallest absolute Gasteiger partial charge is 0.238 e. The van der Waals surface area contributed by atoms with Gasteiger partial charge in [-0.2, -0.15) is 5.26 Å². The normalized spacial score (nSPS) is 19.0. The van der Waals surface area contributed by atoms with Gasteiger partial charge in [-0.15, -0.1) is 0 Å². The summed E-state index contributed by atoms with van der Waals surface area (Å²) < 4.78 is 5.47. The fourth-order valence-corrected chi connectivity index (χ4v) is 2.27. The van der Waals surface area contributed by atoms with E-state index in [-0.39, 0.29) is 12.0 Å². The van der Waals surface area contributed by atoms with Gasteiger partial charge in [0.25, 0.3) is 0 Å². The molecule has 0 bridgehead atoms. The van der Waals surface area contributed by atoms with E-state index in [1.54, 1.807) is 0 Å². The molecule has 1 aromatic rings. The molecule has 1 unspecified atom stereocenters. The summed E-state index contributed by atoms with van der Waals surface area (Å²) in [7, 11) is 0. The predicted octanol–water partition coefficient (Wildman–Crippen LogP) is 0.351. The van der Waals surface area contributed by atoms with E-state index < -0.39 is 0 Å². The highest BCUT2D eigenvalue weighted by atomic mass is 16.5. The lowest BCUT2D eigenvalue weighted by Gasteiger charge is -2.31. The molecule has 1 aliphatic heterocycles. The molecule has 6 nitrogen and oxygen atoms in total. The number of nitrogens with zero attached hydrogens (tertiary/aromatic N) is 2. The van der Waals surface area contributed by atoms with Crippen molar-refractivity contribution in [2.75, 3.05) is 38.1 Å². The molecule has 1 heterocycles. The van der Waals surface area contributed by atoms with E-state index in [9.17, 15) is 4.79 Å². The van der Waals surface area contributed by atoms with E-state index >= 15 is 0 Å². The molecule has 1 fully saturated rings. The summed E-state index contributed by atoms with van der Waals surface area (Å²) in [6.07, 6.45) is 0.388. The molecule has 0 saturated carbocycles. The number of benzene rings is 1. The fraction of sp³-hybridized carbons (Fsp3) is 0.467. The zero-order valence-electron chi connectivity index (χ0n) is 11.9. The summed E-state index contributed by atoms with van der Waals surface area (Å²) in [5.41, 5.74) is 7.26. The molecule has 1 saturated heterocycles. The zero-order chi connectivity index (χ0) is 15.1. The van der Waals surface area contributed by atoms with Gasteiger partial charge in [-0.1, -0.05) is 12.1 Å². The number of morpholine rings is 1. The van der Waals surface area contributed by atoms with Gasteiger partial charge in [0.15, 0.2) is 0 Å². The molecule has 6 heteroatoms. The highest BCUT2D eigenvalue weighted by Gasteiger charge is 2.20. The standard InChI is InChI=1S/C15H20N4O2/c16-6-5-12-1-3-13(4-2-12)18-15(20)11-19-7-8-21-14(9-17)10-19/h1-4,14H,5,7-11,17H2,(H,18,20). The molecule has 3 N–H and O–H groups in total. The molecular weight excluding hydrogens is 268 g/mol. The van der Waals surface area contributed by atoms with E-state index in [4.69, 9.17) is 15.7 Å². The lowest BCUT2D eigenvalue weighted by atomic mass is 10.1. The maximum atomic E-state index is 12.0. The first-order chi connectivity index (χ1) is 10.2. The van der Waals surface area contributed by atoms with Crippen LogP contribution in [0.1, 0.15) is 5.56 Å². The molecular formula is C15H20N4O2. The monoisotopic (exact) mass is 288 g/mol. The first-order valence-corrected chi connectivity index (χ1v) is 7.01. The van der Waals surface area contributed by atoms with Crippen LogP contribution in [0.4, 0.5) is 5.69 Å². The van der Waals surface area contributed by atoms with Crippen LogP contribution in [0, 0.1) is 11.3 Å². The second-order valence-corrected chi connectivity index (χ2v) is 5.04. The average Bonchev–Trinajstić information content (AvgIpc) is 2.49. The summed E-state index contributed by atoms with van der Waals surface area (Å²) >= 11 is 0. The lowest BCUT2D eigenvalue weighted by molar-refractivity contribution is -0.119. The van der Waals surface area contributed by atoms with Crippen LogP contribution in [0.25, 0.3) is 0 Å². The number of ether oxygens (including phenoxy) is 1. The number of nitrogens with two attached hydrogens (primary N) is 1. The van der Waals surface area contributed by atoms with Gasteiger partial charge >= 0.3 is 0 Å². The van der Waals surface area contributed by atoms with Gasteiger partial charge in [0.1, 0.15) is 0 Å². The lowest BCUT2D eigenvalue weighted by Crippen LogP contribution is -2.48. The van der Waals surface area contributed by atoms with Crippen molar-refractivity contribution >= 4 is 11.6 Å². The van der Waals surface area contributed by atoms with Gasteiger partial charge in [-0.25, -0.2) is 0 Å². The molecule has 2 rings (SSSR count). The molecule has 0 radical (unpaired) electrons. The van der Waals surface area contributed by atoms with E-state index in [0.717, 1.165) is 17.8 Å². The summed E-state index contributed by atoms with van der Waals surface area (Å²) in [6, 6.07) is 9.41. The highest BCUT2D eigenvalue weighted by Crippen LogP contribution is 2.10. The number of amides is 1. The third-order valence-corrected chi connectivity index (χ3v) is 3.37. The topological polar surface area (TPSA) is 91.4 Å². The van der Waals surface area contributed by atoms with Crippen LogP contribution in [-0.2, 0) is 16.0 Å². The predicted molar refractivity (Wildman–Crippen MR) is 79.6 cm³/mol. The minimum absolute atomic E-state index is 0.0109. The fourth-order valence-electron chi connectivity index (χ4n) is 2.27. The van der Waals surface area contributed by atoms with E-state index in [1.807, 2.05) is 29.2 Å². The number of carbonyl (C=O) groups is 1. The number of carbonyl (C=O) groups excluding carboxylic acids is 1. The summed E-state index contributed by atoms with van der Waals surface area (Å²) in [5.74, 6) is -0.0549. The maximum absolute atomic E-state index is 12.0. The quantitative estimate of drug-likeness (QED) is 0.816. The van der Waals surface area contributed by atoms with Crippen molar-refractivity contribution in [2.24, 2.45) is 5.73 Å². The molecule has 1 atom stereocenters. The van der Waals surface area contributed by atoms with Crippen LogP contribution < -0.4 is 11.1 Å². The van der Waals surface area contributed by atoms with Gasteiger partial charge < -0.3 is 15.8 Å². The molecule has 112 valence electrons. The molecule has 1 amide bonds. The Labute approximate surface area is 124 Å². The Morgan fingerprint density at radius 3 is 2.90 bits per heavy atom. The molecule has 0 spiro atoms. The van der Waals surface area contributed by atoms with E-state index in [2.05, 4.69) is 11.4 Å². The second kappa shape index (κ2) is 7.74. The summed E-state index contributed by atoms with van der Waals surface area (Å²) in [5, 5.41) is 11.5. The van der Waals surface area contributed by atoms with Gasteiger partial charge in [-0.3, -0.25) is 9.69 Å². The summed E-state index contributed by atoms with van der Waals surface area (Å²) in [4.78, 5) is 14.1. The van der Waals surface area contributed by atoms with Gasteiger partial charge in [0.05, 0.1) is 31.7 Å². The van der Waals surface area contributed by atoms with Crippen molar-refractivity contribution in [3.8, 4) is 6.07 Å². The van der Waals surface area contributed by atoms with Crippen LogP contribution in [0.5, 0.6) is 0 Å². The highest BCUT2D eigenvalue weighted by molar-refractivity contribution is 5.92. The van der Waals surface area contributed by atoms with E-state index in [0.29, 0.717) is 32.7 Å². The largest absolute Gasteiger partial charge is 0.374 e.